The van der Waals surface area contributed by atoms with Crippen LogP contribution < -0.4 is 9.62 Å². The summed E-state index contributed by atoms with van der Waals surface area (Å²) in [6.07, 6.45) is 5.54. The van der Waals surface area contributed by atoms with Gasteiger partial charge in [-0.3, -0.25) is 9.69 Å². The molecule has 0 spiro atoms. The molecule has 0 bridgehead atoms. The zero-order valence-corrected chi connectivity index (χ0v) is 20.8. The Hall–Kier alpha value is -2.22. The number of sulfonamides is 1. The number of carbonyl (C=O) groups excluding carboxylic acids is 1. The Morgan fingerprint density at radius 1 is 1.03 bits per heavy atom. The number of hydrogen-bond acceptors (Lipinski definition) is 4. The Morgan fingerprint density at radius 2 is 1.82 bits per heavy atom. The first-order valence-electron chi connectivity index (χ1n) is 12.7. The minimum atomic E-state index is -3.43. The van der Waals surface area contributed by atoms with Gasteiger partial charge in [-0.2, -0.15) is 0 Å². The van der Waals surface area contributed by atoms with Crippen molar-refractivity contribution < 1.29 is 13.2 Å². The molecule has 0 radical (unpaired) electrons. The van der Waals surface area contributed by atoms with E-state index in [9.17, 15) is 13.2 Å². The van der Waals surface area contributed by atoms with E-state index in [1.165, 1.54) is 42.6 Å². The molecular formula is C27H35N3O3S. The molecular weight excluding hydrogens is 446 g/mol. The van der Waals surface area contributed by atoms with E-state index >= 15 is 0 Å². The van der Waals surface area contributed by atoms with E-state index < -0.39 is 16.1 Å². The second-order valence-electron chi connectivity index (χ2n) is 9.94. The lowest BCUT2D eigenvalue weighted by Crippen LogP contribution is -2.50. The topological polar surface area (TPSA) is 69.7 Å². The van der Waals surface area contributed by atoms with Crippen molar-refractivity contribution in [1.29, 1.82) is 0 Å². The van der Waals surface area contributed by atoms with E-state index in [1.54, 1.807) is 4.90 Å². The van der Waals surface area contributed by atoms with Crippen molar-refractivity contribution in [2.75, 3.05) is 30.3 Å². The zero-order valence-electron chi connectivity index (χ0n) is 19.9. The molecule has 5 rings (SSSR count). The van der Waals surface area contributed by atoms with Gasteiger partial charge in [0.15, 0.2) is 0 Å². The van der Waals surface area contributed by atoms with Crippen molar-refractivity contribution in [3.05, 3.63) is 65.2 Å². The Bertz CT molecular complexity index is 1130. The van der Waals surface area contributed by atoms with Crippen LogP contribution in [0.4, 0.5) is 5.69 Å². The summed E-state index contributed by atoms with van der Waals surface area (Å²) < 4.78 is 27.1. The molecule has 2 saturated heterocycles. The van der Waals surface area contributed by atoms with Crippen molar-refractivity contribution in [3.63, 3.8) is 0 Å². The van der Waals surface area contributed by atoms with Crippen LogP contribution in [0, 0.1) is 0 Å². The second kappa shape index (κ2) is 9.80. The number of nitrogens with zero attached hydrogens (tertiary/aromatic N) is 2. The summed E-state index contributed by atoms with van der Waals surface area (Å²) in [5, 5.41) is 0. The summed E-state index contributed by atoms with van der Waals surface area (Å²) in [4.78, 5) is 17.5. The third-order valence-electron chi connectivity index (χ3n) is 7.67. The third kappa shape index (κ3) is 4.79. The van der Waals surface area contributed by atoms with Gasteiger partial charge in [0.25, 0.3) is 0 Å². The molecule has 3 atom stereocenters. The predicted octanol–water partition coefficient (Wildman–Crippen LogP) is 3.47. The fraction of sp³-hybridized carbons (Fsp3) is 0.519. The summed E-state index contributed by atoms with van der Waals surface area (Å²) in [7, 11) is -3.43. The highest BCUT2D eigenvalue weighted by molar-refractivity contribution is 7.89. The monoisotopic (exact) mass is 481 g/mol. The fourth-order valence-corrected chi connectivity index (χ4v) is 7.16. The number of fused-ring (bicyclic) bond motifs is 1. The van der Waals surface area contributed by atoms with Gasteiger partial charge in [0, 0.05) is 24.2 Å². The summed E-state index contributed by atoms with van der Waals surface area (Å²) in [6, 6.07) is 17.0. The highest BCUT2D eigenvalue weighted by atomic mass is 32.2. The lowest BCUT2D eigenvalue weighted by molar-refractivity contribution is -0.118. The molecule has 2 heterocycles. The molecule has 0 saturated carbocycles. The van der Waals surface area contributed by atoms with Crippen LogP contribution in [0.3, 0.4) is 0 Å². The lowest BCUT2D eigenvalue weighted by atomic mass is 9.74. The Labute approximate surface area is 203 Å². The van der Waals surface area contributed by atoms with Crippen LogP contribution in [0.15, 0.2) is 48.5 Å². The van der Waals surface area contributed by atoms with Gasteiger partial charge in [-0.05, 0) is 80.4 Å². The first-order chi connectivity index (χ1) is 16.4. The van der Waals surface area contributed by atoms with Crippen LogP contribution in [0.25, 0.3) is 0 Å². The first-order valence-corrected chi connectivity index (χ1v) is 14.3. The summed E-state index contributed by atoms with van der Waals surface area (Å²) in [5.41, 5.74) is 4.97. The van der Waals surface area contributed by atoms with Crippen molar-refractivity contribution in [2.45, 2.75) is 63.5 Å². The van der Waals surface area contributed by atoms with E-state index in [-0.39, 0.29) is 11.7 Å². The molecule has 2 aliphatic heterocycles. The second-order valence-corrected chi connectivity index (χ2v) is 11.8. The largest absolute Gasteiger partial charge is 0.311 e. The maximum Gasteiger partial charge on any atom is 0.245 e. The molecule has 182 valence electrons. The fourth-order valence-electron chi connectivity index (χ4n) is 5.85. The molecule has 2 fully saturated rings. The standard InChI is InChI=1S/C27H35N3O3S/c1-2-17-34(32,33)28-25-13-16-30(27(25)31)22-11-9-21-10-12-26(29-14-6-15-29)24(23(21)19-22)18-20-7-4-3-5-8-20/h3-5,7-9,11,19,24-26,28H,2,6,10,12-18H2,1H3/t24-,25?,26-/m0/s1. The van der Waals surface area contributed by atoms with Gasteiger partial charge < -0.3 is 4.90 Å². The number of rotatable bonds is 8. The number of amides is 1. The number of benzene rings is 2. The van der Waals surface area contributed by atoms with E-state index in [0.717, 1.165) is 18.5 Å². The predicted molar refractivity (Wildman–Crippen MR) is 136 cm³/mol. The number of likely N-dealkylation sites (tertiary alicyclic amines) is 1. The van der Waals surface area contributed by atoms with Gasteiger partial charge in [0.1, 0.15) is 6.04 Å². The van der Waals surface area contributed by atoms with Crippen LogP contribution in [-0.4, -0.2) is 56.7 Å². The van der Waals surface area contributed by atoms with Crippen molar-refractivity contribution in [2.24, 2.45) is 0 Å². The number of hydrogen-bond donors (Lipinski definition) is 1. The Kier molecular flexibility index (Phi) is 6.78. The Morgan fingerprint density at radius 3 is 2.53 bits per heavy atom. The zero-order chi connectivity index (χ0) is 23.7. The molecule has 1 N–H and O–H groups in total. The average molecular weight is 482 g/mol. The highest BCUT2D eigenvalue weighted by Crippen LogP contribution is 2.40. The van der Waals surface area contributed by atoms with Crippen LogP contribution in [0.5, 0.6) is 0 Å². The molecule has 1 amide bonds. The normalized spacial score (nSPS) is 25.3. The van der Waals surface area contributed by atoms with Crippen LogP contribution in [0.2, 0.25) is 0 Å². The van der Waals surface area contributed by atoms with Gasteiger partial charge in [0.2, 0.25) is 15.9 Å². The van der Waals surface area contributed by atoms with Crippen LogP contribution in [0.1, 0.15) is 55.2 Å². The van der Waals surface area contributed by atoms with E-state index in [4.69, 9.17) is 0 Å². The molecule has 34 heavy (non-hydrogen) atoms. The minimum absolute atomic E-state index is 0.0503. The molecule has 0 aromatic heterocycles. The van der Waals surface area contributed by atoms with Gasteiger partial charge in [0.05, 0.1) is 5.75 Å². The SMILES string of the molecule is CCCS(=O)(=O)NC1CCN(c2ccc3c(c2)[C@H](Cc2ccccc2)[C@@H](N2CCC2)CC3)C1=O. The average Bonchev–Trinajstić information content (AvgIpc) is 3.13. The van der Waals surface area contributed by atoms with Crippen LogP contribution in [-0.2, 0) is 27.7 Å². The number of carbonyl (C=O) groups is 1. The van der Waals surface area contributed by atoms with Gasteiger partial charge in [-0.1, -0.05) is 43.3 Å². The van der Waals surface area contributed by atoms with E-state index in [2.05, 4.69) is 52.1 Å². The van der Waals surface area contributed by atoms with Crippen molar-refractivity contribution in [1.82, 2.24) is 9.62 Å². The van der Waals surface area contributed by atoms with Crippen LogP contribution >= 0.6 is 0 Å². The van der Waals surface area contributed by atoms with Gasteiger partial charge in [-0.25, -0.2) is 13.1 Å². The van der Waals surface area contributed by atoms with E-state index in [0.29, 0.717) is 31.3 Å². The Balaban J connectivity index is 1.41. The molecule has 6 nitrogen and oxygen atoms in total. The molecule has 1 unspecified atom stereocenters. The molecule has 1 aliphatic carbocycles. The minimum Gasteiger partial charge on any atom is -0.311 e. The maximum atomic E-state index is 13.1. The maximum absolute atomic E-state index is 13.1. The number of nitrogens with one attached hydrogen (secondary N) is 1. The number of anilines is 1. The first kappa shape index (κ1) is 23.5. The summed E-state index contributed by atoms with van der Waals surface area (Å²) in [5.74, 6) is 0.298. The molecule has 2 aromatic carbocycles. The highest BCUT2D eigenvalue weighted by Gasteiger charge is 2.38. The third-order valence-corrected chi connectivity index (χ3v) is 9.26. The summed E-state index contributed by atoms with van der Waals surface area (Å²) in [6.45, 7) is 4.72. The van der Waals surface area contributed by atoms with Crippen molar-refractivity contribution in [3.8, 4) is 0 Å². The molecule has 2 aromatic rings. The summed E-state index contributed by atoms with van der Waals surface area (Å²) >= 11 is 0. The molecule has 3 aliphatic rings. The van der Waals surface area contributed by atoms with Gasteiger partial charge >= 0.3 is 0 Å². The smallest absolute Gasteiger partial charge is 0.245 e. The van der Waals surface area contributed by atoms with Crippen molar-refractivity contribution >= 4 is 21.6 Å². The van der Waals surface area contributed by atoms with Gasteiger partial charge in [-0.15, -0.1) is 0 Å². The lowest BCUT2D eigenvalue weighted by Gasteiger charge is -2.45. The molecule has 7 heteroatoms. The van der Waals surface area contributed by atoms with E-state index in [1.807, 2.05) is 13.0 Å². The number of aryl methyl sites for hydroxylation is 1. The quantitative estimate of drug-likeness (QED) is 0.627.